The third-order valence-electron chi connectivity index (χ3n) is 4.61. The Hall–Kier alpha value is -3.93. The van der Waals surface area contributed by atoms with Crippen LogP contribution in [0.15, 0.2) is 83.4 Å². The number of hydrogen-bond acceptors (Lipinski definition) is 5. The fraction of sp³-hybridized carbons (Fsp3) is 0.125. The lowest BCUT2D eigenvalue weighted by Crippen LogP contribution is -2.22. The first-order valence-electron chi connectivity index (χ1n) is 9.62. The maximum atomic E-state index is 12.4. The normalized spacial score (nSPS) is 10.6. The summed E-state index contributed by atoms with van der Waals surface area (Å²) in [5, 5.41) is 6.94. The lowest BCUT2D eigenvalue weighted by atomic mass is 10.1. The number of benzene rings is 3. The molecule has 0 radical (unpaired) electrons. The van der Waals surface area contributed by atoms with Gasteiger partial charge in [0.15, 0.2) is 6.61 Å². The molecule has 6 nitrogen and oxygen atoms in total. The van der Waals surface area contributed by atoms with Crippen LogP contribution in [0.1, 0.15) is 27.4 Å². The smallest absolute Gasteiger partial charge is 0.264 e. The van der Waals surface area contributed by atoms with Crippen LogP contribution in [0.2, 0.25) is 0 Å². The summed E-state index contributed by atoms with van der Waals surface area (Å²) >= 11 is 0. The zero-order chi connectivity index (χ0) is 20.8. The Labute approximate surface area is 174 Å². The molecular formula is C24H21N3O3. The molecule has 3 aromatic carbocycles. The van der Waals surface area contributed by atoms with Crippen molar-refractivity contribution in [3.63, 3.8) is 0 Å². The number of aromatic nitrogens is 2. The first kappa shape index (κ1) is 19.4. The van der Waals surface area contributed by atoms with E-state index in [9.17, 15) is 4.79 Å². The third kappa shape index (κ3) is 4.72. The van der Waals surface area contributed by atoms with Crippen LogP contribution in [0.3, 0.4) is 0 Å². The van der Waals surface area contributed by atoms with Crippen molar-refractivity contribution in [3.8, 4) is 17.1 Å². The highest BCUT2D eigenvalue weighted by molar-refractivity contribution is 5.94. The van der Waals surface area contributed by atoms with Crippen molar-refractivity contribution < 1.29 is 14.1 Å². The molecule has 0 aliphatic heterocycles. The number of carbonyl (C=O) groups excluding carboxylic acids is 1. The highest BCUT2D eigenvalue weighted by Gasteiger charge is 2.12. The molecule has 1 aromatic heterocycles. The minimum absolute atomic E-state index is 0.119. The van der Waals surface area contributed by atoms with Crippen LogP contribution in [0.4, 0.5) is 0 Å². The maximum Gasteiger partial charge on any atom is 0.264 e. The summed E-state index contributed by atoms with van der Waals surface area (Å²) < 4.78 is 11.0. The molecule has 30 heavy (non-hydrogen) atoms. The highest BCUT2D eigenvalue weighted by Crippen LogP contribution is 2.21. The van der Waals surface area contributed by atoms with Crippen LogP contribution in [0, 0.1) is 6.92 Å². The Balaban J connectivity index is 1.37. The minimum Gasteiger partial charge on any atom is -0.484 e. The topological polar surface area (TPSA) is 77.2 Å². The Bertz CT molecular complexity index is 1140. The van der Waals surface area contributed by atoms with Crippen molar-refractivity contribution >= 4 is 5.91 Å². The molecule has 0 bridgehead atoms. The number of aryl methyl sites for hydroxylation is 1. The molecule has 0 aliphatic carbocycles. The van der Waals surface area contributed by atoms with Gasteiger partial charge in [-0.25, -0.2) is 0 Å². The molecule has 0 spiro atoms. The number of rotatable bonds is 7. The van der Waals surface area contributed by atoms with Crippen molar-refractivity contribution in [1.82, 2.24) is 15.5 Å². The largest absolute Gasteiger partial charge is 0.484 e. The maximum absolute atomic E-state index is 12.4. The Morgan fingerprint density at radius 1 is 1.00 bits per heavy atom. The molecule has 0 saturated heterocycles. The monoisotopic (exact) mass is 399 g/mol. The molecule has 1 amide bonds. The lowest BCUT2D eigenvalue weighted by molar-refractivity contribution is 0.0950. The van der Waals surface area contributed by atoms with E-state index in [0.29, 0.717) is 29.6 Å². The summed E-state index contributed by atoms with van der Waals surface area (Å²) in [5.41, 5.74) is 3.55. The van der Waals surface area contributed by atoms with E-state index in [2.05, 4.69) is 15.5 Å². The molecule has 4 aromatic rings. The van der Waals surface area contributed by atoms with E-state index in [1.54, 1.807) is 24.3 Å². The van der Waals surface area contributed by atoms with Gasteiger partial charge in [-0.05, 0) is 36.2 Å². The van der Waals surface area contributed by atoms with E-state index in [-0.39, 0.29) is 12.5 Å². The van der Waals surface area contributed by atoms with Crippen LogP contribution < -0.4 is 10.1 Å². The minimum atomic E-state index is -0.163. The second kappa shape index (κ2) is 9.05. The number of ether oxygens (including phenoxy) is 1. The summed E-state index contributed by atoms with van der Waals surface area (Å²) in [6.07, 6.45) is 0. The molecular weight excluding hydrogens is 378 g/mol. The van der Waals surface area contributed by atoms with Gasteiger partial charge in [0.2, 0.25) is 5.82 Å². The highest BCUT2D eigenvalue weighted by atomic mass is 16.5. The fourth-order valence-electron chi connectivity index (χ4n) is 3.00. The number of nitrogens with zero attached hydrogens (tertiary/aromatic N) is 2. The van der Waals surface area contributed by atoms with Crippen LogP contribution in [-0.4, -0.2) is 16.0 Å². The first-order valence-corrected chi connectivity index (χ1v) is 9.62. The average Bonchev–Trinajstić information content (AvgIpc) is 3.26. The molecule has 0 atom stereocenters. The molecule has 6 heteroatoms. The number of nitrogens with one attached hydrogen (secondary N) is 1. The van der Waals surface area contributed by atoms with Crippen molar-refractivity contribution in [1.29, 1.82) is 0 Å². The van der Waals surface area contributed by atoms with E-state index in [4.69, 9.17) is 9.26 Å². The average molecular weight is 399 g/mol. The second-order valence-corrected chi connectivity index (χ2v) is 6.81. The van der Waals surface area contributed by atoms with Gasteiger partial charge in [0.25, 0.3) is 11.8 Å². The van der Waals surface area contributed by atoms with Gasteiger partial charge in [0, 0.05) is 17.7 Å². The number of carbonyl (C=O) groups is 1. The van der Waals surface area contributed by atoms with Gasteiger partial charge in [0.05, 0.1) is 0 Å². The van der Waals surface area contributed by atoms with Gasteiger partial charge in [-0.15, -0.1) is 0 Å². The molecule has 0 unspecified atom stereocenters. The number of amides is 1. The molecule has 1 N–H and O–H groups in total. The quantitative estimate of drug-likeness (QED) is 0.493. The number of hydrogen-bond donors (Lipinski definition) is 1. The Kier molecular flexibility index (Phi) is 5.85. The fourth-order valence-corrected chi connectivity index (χ4v) is 3.00. The predicted molar refractivity (Wildman–Crippen MR) is 113 cm³/mol. The van der Waals surface area contributed by atoms with Crippen molar-refractivity contribution in [2.45, 2.75) is 20.1 Å². The lowest BCUT2D eigenvalue weighted by Gasteiger charge is -2.08. The SMILES string of the molecule is Cc1ccccc1-c1noc(COc2cccc(C(=O)NCc3ccccc3)c2)n1. The summed E-state index contributed by atoms with van der Waals surface area (Å²) in [6.45, 7) is 2.58. The molecule has 0 fully saturated rings. The van der Waals surface area contributed by atoms with Gasteiger partial charge < -0.3 is 14.6 Å². The van der Waals surface area contributed by atoms with Gasteiger partial charge in [-0.1, -0.05) is 65.8 Å². The van der Waals surface area contributed by atoms with Crippen LogP contribution in [0.5, 0.6) is 5.75 Å². The van der Waals surface area contributed by atoms with Gasteiger partial charge in [-0.3, -0.25) is 4.79 Å². The van der Waals surface area contributed by atoms with Crippen LogP contribution in [0.25, 0.3) is 11.4 Å². The molecule has 0 saturated carbocycles. The zero-order valence-electron chi connectivity index (χ0n) is 16.5. The van der Waals surface area contributed by atoms with Crippen molar-refractivity contribution in [2.75, 3.05) is 0 Å². The van der Waals surface area contributed by atoms with E-state index >= 15 is 0 Å². The molecule has 4 rings (SSSR count). The standard InChI is InChI=1S/C24H21N3O3/c1-17-8-5-6-13-21(17)23-26-22(30-27-23)16-29-20-12-7-11-19(14-20)24(28)25-15-18-9-3-2-4-10-18/h2-14H,15-16H2,1H3,(H,25,28). The summed E-state index contributed by atoms with van der Waals surface area (Å²) in [6, 6.07) is 24.6. The first-order chi connectivity index (χ1) is 14.7. The second-order valence-electron chi connectivity index (χ2n) is 6.81. The van der Waals surface area contributed by atoms with Gasteiger partial charge in [0.1, 0.15) is 5.75 Å². The van der Waals surface area contributed by atoms with Crippen molar-refractivity contribution in [2.24, 2.45) is 0 Å². The van der Waals surface area contributed by atoms with Crippen molar-refractivity contribution in [3.05, 3.63) is 101 Å². The van der Waals surface area contributed by atoms with Gasteiger partial charge >= 0.3 is 0 Å². The summed E-state index contributed by atoms with van der Waals surface area (Å²) in [4.78, 5) is 16.8. The van der Waals surface area contributed by atoms with Gasteiger partial charge in [-0.2, -0.15) is 4.98 Å². The third-order valence-corrected chi connectivity index (χ3v) is 4.61. The van der Waals surface area contributed by atoms with E-state index in [0.717, 1.165) is 16.7 Å². The molecule has 150 valence electrons. The van der Waals surface area contributed by atoms with Crippen LogP contribution in [-0.2, 0) is 13.2 Å². The van der Waals surface area contributed by atoms with E-state index in [1.807, 2.05) is 61.5 Å². The molecule has 1 heterocycles. The molecule has 0 aliphatic rings. The zero-order valence-corrected chi connectivity index (χ0v) is 16.5. The summed E-state index contributed by atoms with van der Waals surface area (Å²) in [7, 11) is 0. The van der Waals surface area contributed by atoms with E-state index < -0.39 is 0 Å². The van der Waals surface area contributed by atoms with Crippen LogP contribution >= 0.6 is 0 Å². The Morgan fingerprint density at radius 3 is 2.63 bits per heavy atom. The predicted octanol–water partition coefficient (Wildman–Crippen LogP) is 4.55. The Morgan fingerprint density at radius 2 is 1.80 bits per heavy atom. The van der Waals surface area contributed by atoms with E-state index in [1.165, 1.54) is 0 Å². The summed E-state index contributed by atoms with van der Waals surface area (Å²) in [5.74, 6) is 1.29.